The molecule has 0 amide bonds. The van der Waals surface area contributed by atoms with Crippen molar-refractivity contribution < 1.29 is 9.90 Å². The van der Waals surface area contributed by atoms with Gasteiger partial charge in [-0.05, 0) is 44.0 Å². The lowest BCUT2D eigenvalue weighted by Crippen LogP contribution is -2.42. The third-order valence-electron chi connectivity index (χ3n) is 4.41. The van der Waals surface area contributed by atoms with Crippen LogP contribution in [0, 0.1) is 5.41 Å². The number of carboxylic acids is 1. The molecule has 0 saturated carbocycles. The number of rotatable bonds is 2. The molecule has 0 bridgehead atoms. The van der Waals surface area contributed by atoms with Crippen molar-refractivity contribution in [2.45, 2.75) is 19.8 Å². The quantitative estimate of drug-likeness (QED) is 0.921. The van der Waals surface area contributed by atoms with Crippen LogP contribution in [0.5, 0.6) is 0 Å². The number of anilines is 1. The lowest BCUT2D eigenvalue weighted by molar-refractivity contribution is -0.149. The topological polar surface area (TPSA) is 53.4 Å². The van der Waals surface area contributed by atoms with Gasteiger partial charge in [0.2, 0.25) is 0 Å². The van der Waals surface area contributed by atoms with Crippen molar-refractivity contribution in [3.8, 4) is 0 Å². The van der Waals surface area contributed by atoms with E-state index in [9.17, 15) is 9.90 Å². The van der Waals surface area contributed by atoms with Gasteiger partial charge in [-0.15, -0.1) is 0 Å². The van der Waals surface area contributed by atoms with Gasteiger partial charge in [-0.3, -0.25) is 9.78 Å². The third kappa shape index (κ3) is 2.56. The molecule has 0 aliphatic carbocycles. The molecule has 1 aliphatic heterocycles. The molecule has 1 fully saturated rings. The second kappa shape index (κ2) is 5.19. The predicted octanol–water partition coefficient (Wildman–Crippen LogP) is 3.58. The van der Waals surface area contributed by atoms with E-state index < -0.39 is 11.4 Å². The summed E-state index contributed by atoms with van der Waals surface area (Å²) in [5.74, 6) is -0.700. The number of carbonyl (C=O) groups is 1. The Balaban J connectivity index is 1.91. The van der Waals surface area contributed by atoms with Crippen LogP contribution in [-0.4, -0.2) is 29.1 Å². The molecule has 110 valence electrons. The van der Waals surface area contributed by atoms with E-state index in [1.807, 2.05) is 31.2 Å². The highest BCUT2D eigenvalue weighted by Gasteiger charge is 2.37. The van der Waals surface area contributed by atoms with E-state index in [2.05, 4.69) is 9.88 Å². The molecule has 2 aromatic rings. The summed E-state index contributed by atoms with van der Waals surface area (Å²) in [7, 11) is 0. The second-order valence-electron chi connectivity index (χ2n) is 5.84. The van der Waals surface area contributed by atoms with Crippen molar-refractivity contribution in [3.63, 3.8) is 0 Å². The van der Waals surface area contributed by atoms with Crippen LogP contribution in [-0.2, 0) is 4.79 Å². The zero-order chi connectivity index (χ0) is 15.0. The lowest BCUT2D eigenvalue weighted by atomic mass is 9.80. The van der Waals surface area contributed by atoms with Gasteiger partial charge in [0.15, 0.2) is 0 Å². The van der Waals surface area contributed by atoms with E-state index in [0.29, 0.717) is 17.9 Å². The van der Waals surface area contributed by atoms with Crippen LogP contribution in [0.2, 0.25) is 5.02 Å². The number of carboxylic acid groups (broad SMARTS) is 1. The molecule has 1 saturated heterocycles. The summed E-state index contributed by atoms with van der Waals surface area (Å²) in [6, 6.07) is 7.68. The normalized spacial score (nSPS) is 17.9. The Hall–Kier alpha value is -1.81. The first-order valence-corrected chi connectivity index (χ1v) is 7.40. The minimum Gasteiger partial charge on any atom is -0.481 e. The third-order valence-corrected chi connectivity index (χ3v) is 4.64. The number of piperidine rings is 1. The molecule has 0 unspecified atom stereocenters. The molecule has 0 atom stereocenters. The van der Waals surface area contributed by atoms with Crippen LogP contribution >= 0.6 is 11.6 Å². The number of hydrogen-bond donors (Lipinski definition) is 1. The number of halogens is 1. The van der Waals surface area contributed by atoms with Crippen molar-refractivity contribution in [2.24, 2.45) is 5.41 Å². The van der Waals surface area contributed by atoms with Crippen LogP contribution in [0.15, 0.2) is 30.5 Å². The fraction of sp³-hybridized carbons (Fsp3) is 0.375. The summed E-state index contributed by atoms with van der Waals surface area (Å²) in [5, 5.41) is 11.0. The number of fused-ring (bicyclic) bond motifs is 1. The minimum absolute atomic E-state index is 0.608. The summed E-state index contributed by atoms with van der Waals surface area (Å²) >= 11 is 6.01. The summed E-state index contributed by atoms with van der Waals surface area (Å²) in [6.07, 6.45) is 3.08. The number of benzene rings is 1. The van der Waals surface area contributed by atoms with E-state index in [-0.39, 0.29) is 0 Å². The summed E-state index contributed by atoms with van der Waals surface area (Å²) in [5.41, 5.74) is 1.36. The van der Waals surface area contributed by atoms with Crippen LogP contribution in [0.3, 0.4) is 0 Å². The van der Waals surface area contributed by atoms with Gasteiger partial charge in [-0.2, -0.15) is 0 Å². The molecule has 0 radical (unpaired) electrons. The van der Waals surface area contributed by atoms with E-state index in [1.165, 1.54) is 0 Å². The van der Waals surface area contributed by atoms with Gasteiger partial charge in [-0.25, -0.2) is 0 Å². The first-order chi connectivity index (χ1) is 9.99. The highest BCUT2D eigenvalue weighted by atomic mass is 35.5. The van der Waals surface area contributed by atoms with Crippen molar-refractivity contribution >= 4 is 34.2 Å². The maximum absolute atomic E-state index is 11.3. The molecule has 4 nitrogen and oxygen atoms in total. The van der Waals surface area contributed by atoms with Gasteiger partial charge in [-0.1, -0.05) is 11.6 Å². The number of aliphatic carboxylic acids is 1. The van der Waals surface area contributed by atoms with Crippen LogP contribution in [0.1, 0.15) is 19.8 Å². The van der Waals surface area contributed by atoms with Crippen molar-refractivity contribution in [1.82, 2.24) is 4.98 Å². The Morgan fingerprint density at radius 3 is 2.71 bits per heavy atom. The average molecular weight is 305 g/mol. The Morgan fingerprint density at radius 1 is 1.33 bits per heavy atom. The molecule has 5 heteroatoms. The SMILES string of the molecule is CC1(C(=O)O)CCN(c2ccnc3cc(Cl)ccc23)CC1. The molecule has 2 heterocycles. The first kappa shape index (κ1) is 14.1. The Morgan fingerprint density at radius 2 is 2.05 bits per heavy atom. The molecule has 0 spiro atoms. The number of aromatic nitrogens is 1. The number of hydrogen-bond acceptors (Lipinski definition) is 3. The van der Waals surface area contributed by atoms with E-state index >= 15 is 0 Å². The first-order valence-electron chi connectivity index (χ1n) is 7.02. The Bertz CT molecular complexity index is 694. The molecule has 3 rings (SSSR count). The molecule has 1 N–H and O–H groups in total. The summed E-state index contributed by atoms with van der Waals surface area (Å²) in [6.45, 7) is 3.31. The van der Waals surface area contributed by atoms with E-state index in [4.69, 9.17) is 11.6 Å². The highest BCUT2D eigenvalue weighted by Crippen LogP contribution is 2.35. The second-order valence-corrected chi connectivity index (χ2v) is 6.28. The van der Waals surface area contributed by atoms with Crippen LogP contribution in [0.4, 0.5) is 5.69 Å². The Labute approximate surface area is 128 Å². The van der Waals surface area contributed by atoms with Crippen molar-refractivity contribution in [1.29, 1.82) is 0 Å². The van der Waals surface area contributed by atoms with Crippen molar-refractivity contribution in [2.75, 3.05) is 18.0 Å². The van der Waals surface area contributed by atoms with E-state index in [0.717, 1.165) is 29.7 Å². The van der Waals surface area contributed by atoms with Gasteiger partial charge in [0.25, 0.3) is 0 Å². The minimum atomic E-state index is -0.700. The van der Waals surface area contributed by atoms with Gasteiger partial charge >= 0.3 is 5.97 Å². The molecular weight excluding hydrogens is 288 g/mol. The van der Waals surface area contributed by atoms with Gasteiger partial charge in [0, 0.05) is 35.4 Å². The van der Waals surface area contributed by atoms with Gasteiger partial charge in [0.05, 0.1) is 10.9 Å². The zero-order valence-electron chi connectivity index (χ0n) is 11.8. The van der Waals surface area contributed by atoms with E-state index in [1.54, 1.807) is 6.20 Å². The average Bonchev–Trinajstić information content (AvgIpc) is 2.47. The maximum atomic E-state index is 11.3. The molecule has 21 heavy (non-hydrogen) atoms. The largest absolute Gasteiger partial charge is 0.481 e. The lowest BCUT2D eigenvalue weighted by Gasteiger charge is -2.38. The summed E-state index contributed by atoms with van der Waals surface area (Å²) in [4.78, 5) is 17.9. The van der Waals surface area contributed by atoms with Crippen LogP contribution in [0.25, 0.3) is 10.9 Å². The highest BCUT2D eigenvalue weighted by molar-refractivity contribution is 6.31. The molecule has 1 aromatic heterocycles. The van der Waals surface area contributed by atoms with Gasteiger partial charge < -0.3 is 10.0 Å². The molecular formula is C16H17ClN2O2. The molecule has 1 aromatic carbocycles. The standard InChI is InChI=1S/C16H17ClN2O2/c1-16(15(20)21)5-8-19(9-6-16)14-4-7-18-13-10-11(17)2-3-12(13)14/h2-4,7,10H,5-6,8-9H2,1H3,(H,20,21). The fourth-order valence-electron chi connectivity index (χ4n) is 2.84. The smallest absolute Gasteiger partial charge is 0.309 e. The van der Waals surface area contributed by atoms with Crippen LogP contribution < -0.4 is 4.90 Å². The fourth-order valence-corrected chi connectivity index (χ4v) is 3.00. The maximum Gasteiger partial charge on any atom is 0.309 e. The summed E-state index contributed by atoms with van der Waals surface area (Å²) < 4.78 is 0. The van der Waals surface area contributed by atoms with Crippen molar-refractivity contribution in [3.05, 3.63) is 35.5 Å². The zero-order valence-corrected chi connectivity index (χ0v) is 12.6. The predicted molar refractivity (Wildman–Crippen MR) is 83.9 cm³/mol. The number of nitrogens with zero attached hydrogens (tertiary/aromatic N) is 2. The monoisotopic (exact) mass is 304 g/mol. The molecule has 1 aliphatic rings. The Kier molecular flexibility index (Phi) is 3.49. The van der Waals surface area contributed by atoms with Gasteiger partial charge in [0.1, 0.15) is 0 Å². The number of pyridine rings is 1.